The monoisotopic (exact) mass is 363 g/mol. The lowest BCUT2D eigenvalue weighted by Crippen LogP contribution is -2.31. The van der Waals surface area contributed by atoms with Gasteiger partial charge in [0.05, 0.1) is 11.7 Å². The summed E-state index contributed by atoms with van der Waals surface area (Å²) in [7, 11) is 2.15. The van der Waals surface area contributed by atoms with Crippen LogP contribution >= 0.6 is 0 Å². The average Bonchev–Trinajstić information content (AvgIpc) is 3.02. The van der Waals surface area contributed by atoms with Crippen molar-refractivity contribution in [1.29, 1.82) is 0 Å². The van der Waals surface area contributed by atoms with Gasteiger partial charge in [0.15, 0.2) is 0 Å². The van der Waals surface area contributed by atoms with E-state index in [9.17, 15) is 4.79 Å². The molecule has 0 saturated heterocycles. The van der Waals surface area contributed by atoms with Crippen molar-refractivity contribution < 1.29 is 9.53 Å². The van der Waals surface area contributed by atoms with Gasteiger partial charge in [0.2, 0.25) is 0 Å². The van der Waals surface area contributed by atoms with E-state index in [2.05, 4.69) is 53.4 Å². The highest BCUT2D eigenvalue weighted by molar-refractivity contribution is 5.88. The Kier molecular flexibility index (Phi) is 4.27. The Morgan fingerprint density at radius 3 is 2.74 bits per heavy atom. The van der Waals surface area contributed by atoms with Gasteiger partial charge in [0.1, 0.15) is 5.60 Å². The maximum absolute atomic E-state index is 12.5. The highest BCUT2D eigenvalue weighted by Crippen LogP contribution is 2.34. The van der Waals surface area contributed by atoms with E-state index < -0.39 is 11.7 Å². The summed E-state index contributed by atoms with van der Waals surface area (Å²) in [6.07, 6.45) is 1.26. The molecule has 0 bridgehead atoms. The van der Waals surface area contributed by atoms with Gasteiger partial charge in [-0.2, -0.15) is 9.78 Å². The topological polar surface area (TPSA) is 47.4 Å². The summed E-state index contributed by atoms with van der Waals surface area (Å²) in [6.45, 7) is 7.48. The van der Waals surface area contributed by atoms with Crippen LogP contribution in [-0.2, 0) is 11.3 Å². The number of aromatic nitrogens is 2. The molecule has 0 amide bonds. The third-order valence-electron chi connectivity index (χ3n) is 4.93. The number of benzene rings is 2. The molecule has 0 spiro atoms. The molecule has 1 aromatic heterocycles. The lowest BCUT2D eigenvalue weighted by molar-refractivity contribution is 0.0522. The van der Waals surface area contributed by atoms with Crippen molar-refractivity contribution in [3.05, 3.63) is 65.4 Å². The number of likely N-dealkylation sites (N-methyl/N-ethyl adjacent to an activating group) is 1. The first kappa shape index (κ1) is 17.7. The van der Waals surface area contributed by atoms with Crippen LogP contribution in [0.1, 0.15) is 43.4 Å². The van der Waals surface area contributed by atoms with Crippen molar-refractivity contribution in [2.24, 2.45) is 0 Å². The molecular formula is C22H25N3O2. The second-order valence-corrected chi connectivity index (χ2v) is 8.30. The summed E-state index contributed by atoms with van der Waals surface area (Å²) in [4.78, 5) is 14.9. The molecule has 0 fully saturated rings. The average molecular weight is 363 g/mol. The molecular weight excluding hydrogens is 338 g/mol. The fourth-order valence-electron chi connectivity index (χ4n) is 3.77. The first-order valence-corrected chi connectivity index (χ1v) is 9.29. The largest absolute Gasteiger partial charge is 0.442 e. The standard InChI is InChI=1S/C22H25N3O2/c1-22(2,3)27-21(26)25-20-11-15(9-10-16(20)12-23-25)19-14-24(4)13-17-7-5-6-8-18(17)19/h5-12,19H,13-14H2,1-4H3. The third kappa shape index (κ3) is 3.47. The Morgan fingerprint density at radius 2 is 1.96 bits per heavy atom. The summed E-state index contributed by atoms with van der Waals surface area (Å²) >= 11 is 0. The maximum atomic E-state index is 12.5. The number of carbonyl (C=O) groups excluding carboxylic acids is 1. The summed E-state index contributed by atoms with van der Waals surface area (Å²) in [6, 6.07) is 14.9. The van der Waals surface area contributed by atoms with Crippen LogP contribution in [0.3, 0.4) is 0 Å². The van der Waals surface area contributed by atoms with Crippen LogP contribution < -0.4 is 0 Å². The third-order valence-corrected chi connectivity index (χ3v) is 4.93. The number of nitrogens with zero attached hydrogens (tertiary/aromatic N) is 3. The minimum absolute atomic E-state index is 0.270. The molecule has 1 unspecified atom stereocenters. The van der Waals surface area contributed by atoms with Gasteiger partial charge in [-0.3, -0.25) is 0 Å². The van der Waals surface area contributed by atoms with E-state index in [1.807, 2.05) is 26.8 Å². The van der Waals surface area contributed by atoms with Gasteiger partial charge in [-0.25, -0.2) is 4.79 Å². The van der Waals surface area contributed by atoms with Crippen LogP contribution in [0.4, 0.5) is 4.79 Å². The van der Waals surface area contributed by atoms with E-state index in [1.54, 1.807) is 6.20 Å². The fourth-order valence-corrected chi connectivity index (χ4v) is 3.77. The normalized spacial score (nSPS) is 17.7. The van der Waals surface area contributed by atoms with Gasteiger partial charge >= 0.3 is 6.09 Å². The van der Waals surface area contributed by atoms with Crippen LogP contribution in [0.5, 0.6) is 0 Å². The molecule has 2 aromatic carbocycles. The second-order valence-electron chi connectivity index (χ2n) is 8.30. The van der Waals surface area contributed by atoms with E-state index in [4.69, 9.17) is 4.74 Å². The number of hydrogen-bond donors (Lipinski definition) is 0. The van der Waals surface area contributed by atoms with Gasteiger partial charge < -0.3 is 9.64 Å². The van der Waals surface area contributed by atoms with E-state index in [1.165, 1.54) is 21.4 Å². The van der Waals surface area contributed by atoms with Crippen molar-refractivity contribution in [2.45, 2.75) is 38.8 Å². The predicted molar refractivity (Wildman–Crippen MR) is 106 cm³/mol. The first-order valence-electron chi connectivity index (χ1n) is 9.29. The van der Waals surface area contributed by atoms with Crippen molar-refractivity contribution in [2.75, 3.05) is 13.6 Å². The molecule has 0 radical (unpaired) electrons. The lowest BCUT2D eigenvalue weighted by atomic mass is 9.84. The van der Waals surface area contributed by atoms with Crippen LogP contribution in [0.2, 0.25) is 0 Å². The molecule has 0 N–H and O–H groups in total. The van der Waals surface area contributed by atoms with Gasteiger partial charge in [-0.1, -0.05) is 36.4 Å². The Balaban J connectivity index is 1.76. The highest BCUT2D eigenvalue weighted by Gasteiger charge is 2.26. The smallest absolute Gasteiger partial charge is 0.435 e. The van der Waals surface area contributed by atoms with Gasteiger partial charge in [0.25, 0.3) is 0 Å². The van der Waals surface area contributed by atoms with Gasteiger partial charge in [-0.15, -0.1) is 0 Å². The fraction of sp³-hybridized carbons (Fsp3) is 0.364. The zero-order valence-electron chi connectivity index (χ0n) is 16.3. The number of carbonyl (C=O) groups is 1. The Hall–Kier alpha value is -2.66. The summed E-state index contributed by atoms with van der Waals surface area (Å²) in [5.74, 6) is 0.270. The zero-order chi connectivity index (χ0) is 19.2. The first-order chi connectivity index (χ1) is 12.8. The van der Waals surface area contributed by atoms with Gasteiger partial charge in [-0.05, 0) is 50.6 Å². The SMILES string of the molecule is CN1Cc2ccccc2C(c2ccc3cnn(C(=O)OC(C)(C)C)c3c2)C1. The van der Waals surface area contributed by atoms with Crippen LogP contribution in [-0.4, -0.2) is 40.0 Å². The molecule has 27 heavy (non-hydrogen) atoms. The number of fused-ring (bicyclic) bond motifs is 2. The molecule has 1 aliphatic heterocycles. The summed E-state index contributed by atoms with van der Waals surface area (Å²) in [5, 5.41) is 5.19. The Morgan fingerprint density at radius 1 is 1.19 bits per heavy atom. The molecule has 5 heteroatoms. The minimum atomic E-state index is -0.558. The van der Waals surface area contributed by atoms with Crippen LogP contribution in [0, 0.1) is 0 Å². The van der Waals surface area contributed by atoms with Crippen molar-refractivity contribution in [3.63, 3.8) is 0 Å². The quantitative estimate of drug-likeness (QED) is 0.643. The zero-order valence-corrected chi connectivity index (χ0v) is 16.3. The lowest BCUT2D eigenvalue weighted by Gasteiger charge is -2.32. The van der Waals surface area contributed by atoms with E-state index in [-0.39, 0.29) is 5.92 Å². The molecule has 5 nitrogen and oxygen atoms in total. The summed E-state index contributed by atoms with van der Waals surface area (Å²) < 4.78 is 6.87. The molecule has 1 aliphatic rings. The van der Waals surface area contributed by atoms with E-state index in [0.29, 0.717) is 0 Å². The maximum Gasteiger partial charge on any atom is 0.435 e. The number of rotatable bonds is 1. The molecule has 140 valence electrons. The minimum Gasteiger partial charge on any atom is -0.442 e. The predicted octanol–water partition coefficient (Wildman–Crippen LogP) is 4.40. The molecule has 0 saturated carbocycles. The number of ether oxygens (including phenoxy) is 1. The van der Waals surface area contributed by atoms with Crippen molar-refractivity contribution >= 4 is 17.0 Å². The molecule has 3 aromatic rings. The van der Waals surface area contributed by atoms with Crippen LogP contribution in [0.15, 0.2) is 48.7 Å². The van der Waals surface area contributed by atoms with E-state index >= 15 is 0 Å². The molecule has 2 heterocycles. The number of hydrogen-bond acceptors (Lipinski definition) is 4. The van der Waals surface area contributed by atoms with Crippen molar-refractivity contribution in [3.8, 4) is 0 Å². The molecule has 1 atom stereocenters. The second kappa shape index (κ2) is 6.50. The Labute approximate surface area is 159 Å². The van der Waals surface area contributed by atoms with Crippen molar-refractivity contribution in [1.82, 2.24) is 14.7 Å². The molecule has 4 rings (SSSR count). The Bertz CT molecular complexity index is 1000. The molecule has 0 aliphatic carbocycles. The summed E-state index contributed by atoms with van der Waals surface area (Å²) in [5.41, 5.74) is 4.13. The van der Waals surface area contributed by atoms with E-state index in [0.717, 1.165) is 24.0 Å². The van der Waals surface area contributed by atoms with Crippen LogP contribution in [0.25, 0.3) is 10.9 Å². The van der Waals surface area contributed by atoms with Gasteiger partial charge in [0, 0.05) is 24.4 Å². The highest BCUT2D eigenvalue weighted by atomic mass is 16.6.